The second kappa shape index (κ2) is 9.45. The molecule has 1 aliphatic rings. The number of nitrogens with zero attached hydrogens (tertiary/aromatic N) is 3. The van der Waals surface area contributed by atoms with E-state index in [0.717, 1.165) is 33.7 Å². The van der Waals surface area contributed by atoms with Gasteiger partial charge in [-0.25, -0.2) is 4.98 Å². The molecule has 6 nitrogen and oxygen atoms in total. The molecule has 6 heteroatoms. The van der Waals surface area contributed by atoms with Gasteiger partial charge in [0.2, 0.25) is 5.91 Å². The molecule has 1 aliphatic heterocycles. The largest absolute Gasteiger partial charge is 0.493 e. The highest BCUT2D eigenvalue weighted by Gasteiger charge is 2.36. The van der Waals surface area contributed by atoms with Crippen LogP contribution in [-0.4, -0.2) is 35.7 Å². The molecule has 3 aromatic carbocycles. The molecule has 0 bridgehead atoms. The first-order chi connectivity index (χ1) is 17.0. The molecule has 0 saturated carbocycles. The number of aromatic nitrogens is 2. The summed E-state index contributed by atoms with van der Waals surface area (Å²) in [5.41, 5.74) is 6.51. The lowest BCUT2D eigenvalue weighted by Gasteiger charge is -2.22. The van der Waals surface area contributed by atoms with Gasteiger partial charge in [-0.3, -0.25) is 4.79 Å². The van der Waals surface area contributed by atoms with Crippen LogP contribution >= 0.6 is 0 Å². The van der Waals surface area contributed by atoms with Gasteiger partial charge in [-0.05, 0) is 56.2 Å². The monoisotopic (exact) mass is 469 g/mol. The third kappa shape index (κ3) is 4.36. The van der Waals surface area contributed by atoms with E-state index in [1.807, 2.05) is 47.4 Å². The van der Waals surface area contributed by atoms with Crippen molar-refractivity contribution in [3.8, 4) is 11.5 Å². The molecular formula is C29H31N3O3. The predicted molar refractivity (Wildman–Crippen MR) is 139 cm³/mol. The highest BCUT2D eigenvalue weighted by atomic mass is 16.5. The standard InChI is InChI=1S/C29H31N3O3/c1-19-15-20(2)28(21(3)16-19)32-18-22(17-27(32)33)29-30-23-9-5-6-10-24(23)31(29)13-14-35-26-12-8-7-11-25(26)34-4/h5-12,15-16,22H,13-14,17-18H2,1-4H3/t22-/m0/s1. The van der Waals surface area contributed by atoms with Gasteiger partial charge in [0.05, 0.1) is 24.7 Å². The molecule has 0 spiro atoms. The second-order valence-electron chi connectivity index (χ2n) is 9.26. The Morgan fingerprint density at radius 2 is 1.66 bits per heavy atom. The Morgan fingerprint density at radius 3 is 2.40 bits per heavy atom. The minimum absolute atomic E-state index is 0.0151. The van der Waals surface area contributed by atoms with Crippen LogP contribution in [0.2, 0.25) is 0 Å². The summed E-state index contributed by atoms with van der Waals surface area (Å²) >= 11 is 0. The minimum atomic E-state index is 0.0151. The van der Waals surface area contributed by atoms with Crippen molar-refractivity contribution in [1.82, 2.24) is 9.55 Å². The molecule has 1 aromatic heterocycles. The Balaban J connectivity index is 1.43. The Labute approximate surface area is 206 Å². The quantitative estimate of drug-likeness (QED) is 0.355. The van der Waals surface area contributed by atoms with E-state index in [4.69, 9.17) is 14.5 Å². The molecule has 1 amide bonds. The van der Waals surface area contributed by atoms with E-state index >= 15 is 0 Å². The fraction of sp³-hybridized carbons (Fsp3) is 0.310. The lowest BCUT2D eigenvalue weighted by molar-refractivity contribution is -0.117. The number of ether oxygens (including phenoxy) is 2. The number of carbonyl (C=O) groups excluding carboxylic acids is 1. The van der Waals surface area contributed by atoms with Crippen molar-refractivity contribution in [2.45, 2.75) is 39.7 Å². The van der Waals surface area contributed by atoms with E-state index < -0.39 is 0 Å². The summed E-state index contributed by atoms with van der Waals surface area (Å²) < 4.78 is 13.7. The summed E-state index contributed by atoms with van der Waals surface area (Å²) in [6, 6.07) is 20.1. The van der Waals surface area contributed by atoms with Crippen molar-refractivity contribution in [2.75, 3.05) is 25.2 Å². The number of hydrogen-bond acceptors (Lipinski definition) is 4. The Morgan fingerprint density at radius 1 is 0.971 bits per heavy atom. The summed E-state index contributed by atoms with van der Waals surface area (Å²) in [6.45, 7) is 7.98. The van der Waals surface area contributed by atoms with Gasteiger partial charge < -0.3 is 18.9 Å². The van der Waals surface area contributed by atoms with Crippen molar-refractivity contribution in [3.05, 3.63) is 83.2 Å². The van der Waals surface area contributed by atoms with E-state index in [2.05, 4.69) is 43.5 Å². The first-order valence-electron chi connectivity index (χ1n) is 12.1. The average Bonchev–Trinajstić information content (AvgIpc) is 3.39. The Bertz CT molecular complexity index is 1370. The number of imidazole rings is 1. The van der Waals surface area contributed by atoms with Gasteiger partial charge in [-0.15, -0.1) is 0 Å². The van der Waals surface area contributed by atoms with E-state index in [1.54, 1.807) is 7.11 Å². The van der Waals surface area contributed by atoms with E-state index in [0.29, 0.717) is 37.6 Å². The fourth-order valence-corrected chi connectivity index (χ4v) is 5.32. The van der Waals surface area contributed by atoms with Crippen LogP contribution in [0.25, 0.3) is 11.0 Å². The zero-order valence-corrected chi connectivity index (χ0v) is 20.7. The van der Waals surface area contributed by atoms with Gasteiger partial charge in [-0.1, -0.05) is 42.0 Å². The molecule has 180 valence electrons. The predicted octanol–water partition coefficient (Wildman–Crippen LogP) is 5.57. The van der Waals surface area contributed by atoms with Crippen LogP contribution in [0.3, 0.4) is 0 Å². The molecule has 5 rings (SSSR count). The number of aryl methyl sites for hydroxylation is 3. The lowest BCUT2D eigenvalue weighted by Crippen LogP contribution is -2.26. The molecule has 0 radical (unpaired) electrons. The number of hydrogen-bond donors (Lipinski definition) is 0. The zero-order valence-electron chi connectivity index (χ0n) is 20.7. The minimum Gasteiger partial charge on any atom is -0.493 e. The molecule has 2 heterocycles. The first kappa shape index (κ1) is 23.0. The highest BCUT2D eigenvalue weighted by Crippen LogP contribution is 2.36. The number of para-hydroxylation sites is 4. The third-order valence-electron chi connectivity index (χ3n) is 6.72. The fourth-order valence-electron chi connectivity index (χ4n) is 5.32. The van der Waals surface area contributed by atoms with Gasteiger partial charge in [-0.2, -0.15) is 0 Å². The summed E-state index contributed by atoms with van der Waals surface area (Å²) in [6.07, 6.45) is 0.448. The van der Waals surface area contributed by atoms with Gasteiger partial charge in [0, 0.05) is 24.6 Å². The van der Waals surface area contributed by atoms with Crippen LogP contribution in [0.15, 0.2) is 60.7 Å². The molecule has 0 aliphatic carbocycles. The number of rotatable bonds is 7. The Kier molecular flexibility index (Phi) is 6.20. The van der Waals surface area contributed by atoms with Crippen molar-refractivity contribution < 1.29 is 14.3 Å². The summed E-state index contributed by atoms with van der Waals surface area (Å²) in [5, 5.41) is 0. The topological polar surface area (TPSA) is 56.6 Å². The van der Waals surface area contributed by atoms with Gasteiger partial charge >= 0.3 is 0 Å². The van der Waals surface area contributed by atoms with E-state index in [9.17, 15) is 4.79 Å². The maximum absolute atomic E-state index is 13.2. The van der Waals surface area contributed by atoms with Crippen molar-refractivity contribution in [3.63, 3.8) is 0 Å². The van der Waals surface area contributed by atoms with Crippen LogP contribution in [-0.2, 0) is 11.3 Å². The van der Waals surface area contributed by atoms with Gasteiger partial charge in [0.15, 0.2) is 11.5 Å². The van der Waals surface area contributed by atoms with Gasteiger partial charge in [0.25, 0.3) is 0 Å². The maximum atomic E-state index is 13.2. The molecule has 0 unspecified atom stereocenters. The number of carbonyl (C=O) groups is 1. The van der Waals surface area contributed by atoms with Crippen LogP contribution in [0, 0.1) is 20.8 Å². The first-order valence-corrected chi connectivity index (χ1v) is 12.1. The molecule has 4 aromatic rings. The number of amides is 1. The summed E-state index contributed by atoms with van der Waals surface area (Å²) in [4.78, 5) is 20.1. The summed E-state index contributed by atoms with van der Waals surface area (Å²) in [5.74, 6) is 2.53. The van der Waals surface area contributed by atoms with E-state index in [-0.39, 0.29) is 11.8 Å². The molecule has 35 heavy (non-hydrogen) atoms. The molecule has 0 N–H and O–H groups in total. The average molecular weight is 470 g/mol. The molecule has 1 fully saturated rings. The maximum Gasteiger partial charge on any atom is 0.227 e. The molecular weight excluding hydrogens is 438 g/mol. The van der Waals surface area contributed by atoms with Crippen molar-refractivity contribution in [1.29, 1.82) is 0 Å². The van der Waals surface area contributed by atoms with Crippen molar-refractivity contribution >= 4 is 22.6 Å². The summed E-state index contributed by atoms with van der Waals surface area (Å²) in [7, 11) is 1.64. The number of anilines is 1. The van der Waals surface area contributed by atoms with E-state index in [1.165, 1.54) is 5.56 Å². The van der Waals surface area contributed by atoms with Crippen LogP contribution < -0.4 is 14.4 Å². The zero-order chi connectivity index (χ0) is 24.5. The van der Waals surface area contributed by atoms with Crippen LogP contribution in [0.4, 0.5) is 5.69 Å². The third-order valence-corrected chi connectivity index (χ3v) is 6.72. The lowest BCUT2D eigenvalue weighted by atomic mass is 10.0. The Hall–Kier alpha value is -3.80. The van der Waals surface area contributed by atoms with Crippen LogP contribution in [0.1, 0.15) is 34.9 Å². The second-order valence-corrected chi connectivity index (χ2v) is 9.26. The number of fused-ring (bicyclic) bond motifs is 1. The number of benzene rings is 3. The normalized spacial score (nSPS) is 15.7. The smallest absolute Gasteiger partial charge is 0.227 e. The molecule has 1 saturated heterocycles. The van der Waals surface area contributed by atoms with Gasteiger partial charge in [0.1, 0.15) is 12.4 Å². The molecule has 1 atom stereocenters. The highest BCUT2D eigenvalue weighted by molar-refractivity contribution is 5.98. The van der Waals surface area contributed by atoms with Crippen molar-refractivity contribution in [2.24, 2.45) is 0 Å². The number of methoxy groups -OCH3 is 1. The SMILES string of the molecule is COc1ccccc1OCCn1c([C@H]2CC(=O)N(c3c(C)cc(C)cc3C)C2)nc2ccccc21. The van der Waals surface area contributed by atoms with Crippen LogP contribution in [0.5, 0.6) is 11.5 Å².